The van der Waals surface area contributed by atoms with E-state index in [9.17, 15) is 4.79 Å². The number of nitrogens with one attached hydrogen (secondary N) is 1. The number of likely N-dealkylation sites (N-methyl/N-ethyl adjacent to an activating group) is 1. The molecule has 3 nitrogen and oxygen atoms in total. The summed E-state index contributed by atoms with van der Waals surface area (Å²) < 4.78 is 0. The molecule has 1 aliphatic carbocycles. The third kappa shape index (κ3) is 4.06. The van der Waals surface area contributed by atoms with Crippen LogP contribution in [0.4, 0.5) is 0 Å². The Hall–Kier alpha value is -1.35. The summed E-state index contributed by atoms with van der Waals surface area (Å²) in [5.41, 5.74) is 1.31. The lowest BCUT2D eigenvalue weighted by Gasteiger charge is -2.29. The molecule has 1 aromatic rings. The van der Waals surface area contributed by atoms with E-state index in [1.165, 1.54) is 31.2 Å². The second-order valence-electron chi connectivity index (χ2n) is 5.29. The van der Waals surface area contributed by atoms with Gasteiger partial charge in [-0.05, 0) is 31.9 Å². The Morgan fingerprint density at radius 3 is 2.58 bits per heavy atom. The molecule has 0 heterocycles. The van der Waals surface area contributed by atoms with E-state index in [1.54, 1.807) is 0 Å². The molecule has 3 heteroatoms. The second kappa shape index (κ2) is 7.29. The zero-order valence-electron chi connectivity index (χ0n) is 11.8. The van der Waals surface area contributed by atoms with Crippen molar-refractivity contribution in [1.29, 1.82) is 0 Å². The van der Waals surface area contributed by atoms with E-state index < -0.39 is 0 Å². The summed E-state index contributed by atoms with van der Waals surface area (Å²) in [5.74, 6) is 0.241. The van der Waals surface area contributed by atoms with Crippen molar-refractivity contribution >= 4 is 5.91 Å². The van der Waals surface area contributed by atoms with Crippen molar-refractivity contribution < 1.29 is 4.79 Å². The minimum Gasteiger partial charge on any atom is -0.338 e. The van der Waals surface area contributed by atoms with Crippen molar-refractivity contribution in [2.24, 2.45) is 0 Å². The zero-order valence-corrected chi connectivity index (χ0v) is 11.8. The molecule has 0 spiro atoms. The molecule has 2 rings (SSSR count). The number of hydrogen-bond donors (Lipinski definition) is 1. The van der Waals surface area contributed by atoms with Crippen molar-refractivity contribution in [3.8, 4) is 0 Å². The highest BCUT2D eigenvalue weighted by Crippen LogP contribution is 2.23. The van der Waals surface area contributed by atoms with Crippen LogP contribution in [0.15, 0.2) is 30.3 Å². The van der Waals surface area contributed by atoms with Gasteiger partial charge >= 0.3 is 0 Å². The van der Waals surface area contributed by atoms with Gasteiger partial charge in [-0.15, -0.1) is 0 Å². The molecule has 0 aliphatic heterocycles. The smallest absolute Gasteiger partial charge is 0.236 e. The minimum atomic E-state index is 0.241. The number of nitrogens with zero attached hydrogens (tertiary/aromatic N) is 1. The third-order valence-electron chi connectivity index (χ3n) is 3.90. The Kier molecular flexibility index (Phi) is 5.40. The zero-order chi connectivity index (χ0) is 13.5. The van der Waals surface area contributed by atoms with Gasteiger partial charge < -0.3 is 10.2 Å². The van der Waals surface area contributed by atoms with Crippen LogP contribution in [-0.4, -0.2) is 37.0 Å². The fourth-order valence-corrected chi connectivity index (χ4v) is 2.87. The number of rotatable bonds is 6. The fourth-order valence-electron chi connectivity index (χ4n) is 2.87. The topological polar surface area (TPSA) is 32.3 Å². The summed E-state index contributed by atoms with van der Waals surface area (Å²) in [6, 6.07) is 10.9. The maximum absolute atomic E-state index is 12.2. The highest BCUT2D eigenvalue weighted by molar-refractivity contribution is 5.78. The Morgan fingerprint density at radius 2 is 1.95 bits per heavy atom. The van der Waals surface area contributed by atoms with E-state index in [4.69, 9.17) is 0 Å². The predicted molar refractivity (Wildman–Crippen MR) is 78.0 cm³/mol. The number of amides is 1. The Balaban J connectivity index is 1.95. The van der Waals surface area contributed by atoms with Crippen molar-refractivity contribution in [2.75, 3.05) is 20.1 Å². The van der Waals surface area contributed by atoms with Gasteiger partial charge in [0.1, 0.15) is 0 Å². The molecule has 1 amide bonds. The van der Waals surface area contributed by atoms with Crippen LogP contribution in [0, 0.1) is 0 Å². The van der Waals surface area contributed by atoms with Crippen molar-refractivity contribution in [1.82, 2.24) is 10.2 Å². The van der Waals surface area contributed by atoms with Crippen molar-refractivity contribution in [3.63, 3.8) is 0 Å². The molecule has 0 bridgehead atoms. The maximum Gasteiger partial charge on any atom is 0.236 e. The minimum absolute atomic E-state index is 0.241. The van der Waals surface area contributed by atoms with E-state index in [0.717, 1.165) is 13.0 Å². The van der Waals surface area contributed by atoms with Crippen LogP contribution in [0.3, 0.4) is 0 Å². The normalized spacial score (nSPS) is 15.6. The Bertz CT molecular complexity index is 385. The van der Waals surface area contributed by atoms with Crippen molar-refractivity contribution in [2.45, 2.75) is 38.1 Å². The number of hydrogen-bond acceptors (Lipinski definition) is 2. The summed E-state index contributed by atoms with van der Waals surface area (Å²) in [4.78, 5) is 14.3. The molecule has 1 saturated carbocycles. The summed E-state index contributed by atoms with van der Waals surface area (Å²) in [7, 11) is 1.84. The molecule has 1 aliphatic rings. The van der Waals surface area contributed by atoms with Gasteiger partial charge in [0.2, 0.25) is 5.91 Å². The molecule has 104 valence electrons. The molecule has 0 saturated heterocycles. The molecule has 0 unspecified atom stereocenters. The Labute approximate surface area is 116 Å². The quantitative estimate of drug-likeness (QED) is 0.850. The van der Waals surface area contributed by atoms with Crippen LogP contribution >= 0.6 is 0 Å². The van der Waals surface area contributed by atoms with Crippen LogP contribution in [0.1, 0.15) is 31.2 Å². The lowest BCUT2D eigenvalue weighted by atomic mass is 10.1. The first kappa shape index (κ1) is 14.1. The highest BCUT2D eigenvalue weighted by atomic mass is 16.2. The van der Waals surface area contributed by atoms with Gasteiger partial charge in [-0.25, -0.2) is 0 Å². The molecular weight excluding hydrogens is 236 g/mol. The maximum atomic E-state index is 12.2. The van der Waals surface area contributed by atoms with Gasteiger partial charge in [0.25, 0.3) is 0 Å². The monoisotopic (exact) mass is 260 g/mol. The number of carbonyl (C=O) groups is 1. The standard InChI is InChI=1S/C16H24N2O/c1-17-13-16(19)18(15-9-5-6-10-15)12-11-14-7-3-2-4-8-14/h2-4,7-8,15,17H,5-6,9-13H2,1H3. The van der Waals surface area contributed by atoms with E-state index in [0.29, 0.717) is 12.6 Å². The summed E-state index contributed by atoms with van der Waals surface area (Å²) in [6.45, 7) is 1.29. The van der Waals surface area contributed by atoms with Crippen LogP contribution in [-0.2, 0) is 11.2 Å². The van der Waals surface area contributed by atoms with Gasteiger partial charge in [0.15, 0.2) is 0 Å². The largest absolute Gasteiger partial charge is 0.338 e. The van der Waals surface area contributed by atoms with Crippen LogP contribution in [0.25, 0.3) is 0 Å². The third-order valence-corrected chi connectivity index (χ3v) is 3.90. The number of carbonyl (C=O) groups excluding carboxylic acids is 1. The molecular formula is C16H24N2O. The summed E-state index contributed by atoms with van der Waals surface area (Å²) in [5, 5.41) is 2.98. The fraction of sp³-hybridized carbons (Fsp3) is 0.562. The van der Waals surface area contributed by atoms with Crippen LogP contribution in [0.2, 0.25) is 0 Å². The van der Waals surface area contributed by atoms with Gasteiger partial charge in [-0.2, -0.15) is 0 Å². The molecule has 0 atom stereocenters. The molecule has 1 aromatic carbocycles. The van der Waals surface area contributed by atoms with Crippen LogP contribution < -0.4 is 5.32 Å². The van der Waals surface area contributed by atoms with E-state index >= 15 is 0 Å². The average molecular weight is 260 g/mol. The Morgan fingerprint density at radius 1 is 1.26 bits per heavy atom. The van der Waals surface area contributed by atoms with Gasteiger partial charge in [-0.1, -0.05) is 43.2 Å². The second-order valence-corrected chi connectivity index (χ2v) is 5.29. The summed E-state index contributed by atoms with van der Waals surface area (Å²) >= 11 is 0. The average Bonchev–Trinajstić information content (AvgIpc) is 2.94. The first-order valence-corrected chi connectivity index (χ1v) is 7.29. The predicted octanol–water partition coefficient (Wildman–Crippen LogP) is 2.22. The molecule has 19 heavy (non-hydrogen) atoms. The SMILES string of the molecule is CNCC(=O)N(CCc1ccccc1)C1CCCC1. The first-order valence-electron chi connectivity index (χ1n) is 7.29. The number of benzene rings is 1. The lowest BCUT2D eigenvalue weighted by Crippen LogP contribution is -2.44. The molecule has 0 aromatic heterocycles. The molecule has 1 N–H and O–H groups in total. The van der Waals surface area contributed by atoms with E-state index in [1.807, 2.05) is 13.1 Å². The van der Waals surface area contributed by atoms with Crippen molar-refractivity contribution in [3.05, 3.63) is 35.9 Å². The lowest BCUT2D eigenvalue weighted by molar-refractivity contribution is -0.132. The van der Waals surface area contributed by atoms with Crippen LogP contribution in [0.5, 0.6) is 0 Å². The van der Waals surface area contributed by atoms with Gasteiger partial charge in [-0.3, -0.25) is 4.79 Å². The summed E-state index contributed by atoms with van der Waals surface area (Å²) in [6.07, 6.45) is 5.82. The van der Waals surface area contributed by atoms with E-state index in [-0.39, 0.29) is 5.91 Å². The van der Waals surface area contributed by atoms with Gasteiger partial charge in [0.05, 0.1) is 6.54 Å². The van der Waals surface area contributed by atoms with E-state index in [2.05, 4.69) is 34.5 Å². The highest BCUT2D eigenvalue weighted by Gasteiger charge is 2.25. The molecule has 0 radical (unpaired) electrons. The first-order chi connectivity index (χ1) is 9.31. The van der Waals surface area contributed by atoms with Gasteiger partial charge in [0, 0.05) is 12.6 Å². The molecule has 1 fully saturated rings.